The van der Waals surface area contributed by atoms with Gasteiger partial charge in [-0.15, -0.1) is 0 Å². The third-order valence-corrected chi connectivity index (χ3v) is 4.06. The molecule has 0 radical (unpaired) electrons. The van der Waals surface area contributed by atoms with Crippen LogP contribution in [0.15, 0.2) is 10.6 Å². The normalized spacial score (nSPS) is 27.8. The summed E-state index contributed by atoms with van der Waals surface area (Å²) in [5.74, 6) is 1.51. The van der Waals surface area contributed by atoms with Crippen molar-refractivity contribution >= 4 is 5.91 Å². The number of nitrogens with zero attached hydrogens (tertiary/aromatic N) is 2. The fourth-order valence-electron chi connectivity index (χ4n) is 2.64. The van der Waals surface area contributed by atoms with E-state index in [0.29, 0.717) is 24.1 Å². The molecule has 1 saturated heterocycles. The van der Waals surface area contributed by atoms with Gasteiger partial charge in [-0.25, -0.2) is 0 Å². The Bertz CT molecular complexity index is 453. The number of amides is 1. The molecule has 1 aliphatic heterocycles. The van der Waals surface area contributed by atoms with Crippen LogP contribution in [0.3, 0.4) is 0 Å². The first kappa shape index (κ1) is 11.7. The van der Waals surface area contributed by atoms with Crippen LogP contribution in [0, 0.1) is 5.92 Å². The Balaban J connectivity index is 1.76. The van der Waals surface area contributed by atoms with Gasteiger partial charge in [0.05, 0.1) is 12.6 Å². The second-order valence-corrected chi connectivity index (χ2v) is 5.40. The highest BCUT2D eigenvalue weighted by molar-refractivity contribution is 5.92. The number of carbonyl (C=O) groups is 1. The zero-order valence-corrected chi connectivity index (χ0v) is 10.5. The molecule has 2 heterocycles. The molecule has 1 saturated carbocycles. The lowest BCUT2D eigenvalue weighted by molar-refractivity contribution is 0.0638. The molecular formula is C13H18N2O3. The molecule has 1 aromatic heterocycles. The number of hydrogen-bond acceptors (Lipinski definition) is 4. The number of hydrogen-bond donors (Lipinski definition) is 1. The summed E-state index contributed by atoms with van der Waals surface area (Å²) < 4.78 is 5.20. The van der Waals surface area contributed by atoms with Crippen LogP contribution in [0.1, 0.15) is 48.4 Å². The van der Waals surface area contributed by atoms with Crippen molar-refractivity contribution in [2.75, 3.05) is 13.2 Å². The molecule has 3 rings (SSSR count). The molecular weight excluding hydrogens is 232 g/mol. The van der Waals surface area contributed by atoms with Crippen LogP contribution in [-0.2, 0) is 0 Å². The number of rotatable bonds is 3. The number of aliphatic hydroxyl groups excluding tert-OH is 1. The third kappa shape index (κ3) is 1.92. The smallest absolute Gasteiger partial charge is 0.276 e. The first-order chi connectivity index (χ1) is 8.70. The van der Waals surface area contributed by atoms with Gasteiger partial charge in [-0.1, -0.05) is 12.1 Å². The molecule has 1 N–H and O–H groups in total. The highest BCUT2D eigenvalue weighted by atomic mass is 16.5. The van der Waals surface area contributed by atoms with Crippen LogP contribution >= 0.6 is 0 Å². The predicted octanol–water partition coefficient (Wildman–Crippen LogP) is 1.39. The predicted molar refractivity (Wildman–Crippen MR) is 64.2 cm³/mol. The summed E-state index contributed by atoms with van der Waals surface area (Å²) in [6.45, 7) is 2.77. The van der Waals surface area contributed by atoms with E-state index in [0.717, 1.165) is 25.0 Å². The maximum Gasteiger partial charge on any atom is 0.276 e. The van der Waals surface area contributed by atoms with Crippen molar-refractivity contribution in [3.8, 4) is 0 Å². The van der Waals surface area contributed by atoms with Gasteiger partial charge in [-0.3, -0.25) is 4.79 Å². The molecule has 98 valence electrons. The average Bonchev–Trinajstić information content (AvgIpc) is 2.99. The van der Waals surface area contributed by atoms with Gasteiger partial charge in [0.2, 0.25) is 0 Å². The van der Waals surface area contributed by atoms with Crippen LogP contribution < -0.4 is 0 Å². The number of carbonyl (C=O) groups excluding carboxylic acids is 1. The Morgan fingerprint density at radius 3 is 3.00 bits per heavy atom. The third-order valence-electron chi connectivity index (χ3n) is 4.06. The number of aromatic nitrogens is 1. The number of aliphatic hydroxyl groups is 1. The molecule has 5 heteroatoms. The number of likely N-dealkylation sites (tertiary alicyclic amines) is 1. The zero-order valence-electron chi connectivity index (χ0n) is 10.5. The summed E-state index contributed by atoms with van der Waals surface area (Å²) in [7, 11) is 0. The maximum absolute atomic E-state index is 12.3. The van der Waals surface area contributed by atoms with Crippen molar-refractivity contribution in [1.29, 1.82) is 0 Å². The second kappa shape index (κ2) is 4.39. The lowest BCUT2D eigenvalue weighted by Gasteiger charge is -2.24. The molecule has 1 aromatic rings. The molecule has 0 spiro atoms. The van der Waals surface area contributed by atoms with E-state index in [1.54, 1.807) is 11.0 Å². The topological polar surface area (TPSA) is 66.6 Å². The zero-order chi connectivity index (χ0) is 12.7. The van der Waals surface area contributed by atoms with E-state index in [-0.39, 0.29) is 18.6 Å². The quantitative estimate of drug-likeness (QED) is 0.880. The van der Waals surface area contributed by atoms with E-state index in [1.165, 1.54) is 0 Å². The van der Waals surface area contributed by atoms with Crippen molar-refractivity contribution in [1.82, 2.24) is 10.1 Å². The molecule has 2 aliphatic rings. The van der Waals surface area contributed by atoms with Gasteiger partial charge >= 0.3 is 0 Å². The average molecular weight is 250 g/mol. The summed E-state index contributed by atoms with van der Waals surface area (Å²) in [6, 6.07) is 1.68. The molecule has 2 fully saturated rings. The first-order valence-corrected chi connectivity index (χ1v) is 6.59. The van der Waals surface area contributed by atoms with Crippen LogP contribution in [0.5, 0.6) is 0 Å². The van der Waals surface area contributed by atoms with Gasteiger partial charge in [0.1, 0.15) is 5.76 Å². The van der Waals surface area contributed by atoms with Crippen molar-refractivity contribution < 1.29 is 14.4 Å². The van der Waals surface area contributed by atoms with Gasteiger partial charge in [0.15, 0.2) is 5.69 Å². The van der Waals surface area contributed by atoms with E-state index in [1.807, 2.05) is 0 Å². The molecule has 0 aromatic carbocycles. The van der Waals surface area contributed by atoms with E-state index < -0.39 is 0 Å². The largest absolute Gasteiger partial charge is 0.394 e. The highest BCUT2D eigenvalue weighted by Gasteiger charge is 2.36. The molecule has 2 unspecified atom stereocenters. The van der Waals surface area contributed by atoms with Crippen molar-refractivity contribution in [3.63, 3.8) is 0 Å². The summed E-state index contributed by atoms with van der Waals surface area (Å²) in [6.07, 6.45) is 3.19. The van der Waals surface area contributed by atoms with E-state index in [9.17, 15) is 9.90 Å². The van der Waals surface area contributed by atoms with E-state index >= 15 is 0 Å². The van der Waals surface area contributed by atoms with Gasteiger partial charge in [-0.2, -0.15) is 0 Å². The standard InChI is InChI=1S/C13H18N2O3/c1-8-4-5-15(11(8)7-16)13(17)10-6-12(18-14-10)9-2-3-9/h6,8-9,11,16H,2-5,7H2,1H3. The summed E-state index contributed by atoms with van der Waals surface area (Å²) in [5, 5.41) is 13.2. The Morgan fingerprint density at radius 2 is 2.33 bits per heavy atom. The minimum atomic E-state index is -0.117. The fourth-order valence-corrected chi connectivity index (χ4v) is 2.64. The Kier molecular flexibility index (Phi) is 2.86. The lowest BCUT2D eigenvalue weighted by atomic mass is 10.0. The Labute approximate surface area is 106 Å². The Morgan fingerprint density at radius 1 is 1.56 bits per heavy atom. The van der Waals surface area contributed by atoms with Crippen molar-refractivity contribution in [2.24, 2.45) is 5.92 Å². The second-order valence-electron chi connectivity index (χ2n) is 5.40. The van der Waals surface area contributed by atoms with Crippen LogP contribution in [0.2, 0.25) is 0 Å². The SMILES string of the molecule is CC1CCN(C(=O)c2cc(C3CC3)on2)C1CO. The molecule has 18 heavy (non-hydrogen) atoms. The van der Waals surface area contributed by atoms with Gasteiger partial charge in [0.25, 0.3) is 5.91 Å². The van der Waals surface area contributed by atoms with Gasteiger partial charge < -0.3 is 14.5 Å². The van der Waals surface area contributed by atoms with Crippen LogP contribution in [0.4, 0.5) is 0 Å². The first-order valence-electron chi connectivity index (χ1n) is 6.59. The lowest BCUT2D eigenvalue weighted by Crippen LogP contribution is -2.39. The molecule has 2 atom stereocenters. The monoisotopic (exact) mass is 250 g/mol. The highest BCUT2D eigenvalue weighted by Crippen LogP contribution is 2.40. The fraction of sp³-hybridized carbons (Fsp3) is 0.692. The molecule has 0 bridgehead atoms. The van der Waals surface area contributed by atoms with Crippen molar-refractivity contribution in [2.45, 2.75) is 38.1 Å². The van der Waals surface area contributed by atoms with Gasteiger partial charge in [0, 0.05) is 18.5 Å². The van der Waals surface area contributed by atoms with Crippen molar-refractivity contribution in [3.05, 3.63) is 17.5 Å². The molecule has 1 aliphatic carbocycles. The van der Waals surface area contributed by atoms with Gasteiger partial charge in [-0.05, 0) is 25.2 Å². The summed E-state index contributed by atoms with van der Waals surface area (Å²) in [5.41, 5.74) is 0.379. The maximum atomic E-state index is 12.3. The van der Waals surface area contributed by atoms with Crippen LogP contribution in [-0.4, -0.2) is 40.3 Å². The van der Waals surface area contributed by atoms with E-state index in [4.69, 9.17) is 4.52 Å². The minimum absolute atomic E-state index is 0.0141. The molecule has 1 amide bonds. The van der Waals surface area contributed by atoms with E-state index in [2.05, 4.69) is 12.1 Å². The summed E-state index contributed by atoms with van der Waals surface area (Å²) in [4.78, 5) is 14.0. The minimum Gasteiger partial charge on any atom is -0.394 e. The molecule has 5 nitrogen and oxygen atoms in total. The Hall–Kier alpha value is -1.36. The summed E-state index contributed by atoms with van der Waals surface area (Å²) >= 11 is 0. The van der Waals surface area contributed by atoms with Crippen LogP contribution in [0.25, 0.3) is 0 Å².